The lowest BCUT2D eigenvalue weighted by Crippen LogP contribution is -2.36. The number of nitrogens with zero attached hydrogens (tertiary/aromatic N) is 1. The van der Waals surface area contributed by atoms with Crippen molar-refractivity contribution < 1.29 is 23.9 Å². The minimum absolute atomic E-state index is 0.232. The third-order valence-corrected chi connectivity index (χ3v) is 7.00. The lowest BCUT2D eigenvalue weighted by Gasteiger charge is -2.13. The summed E-state index contributed by atoms with van der Waals surface area (Å²) in [5, 5.41) is 4.46. The summed E-state index contributed by atoms with van der Waals surface area (Å²) < 4.78 is 11.5. The van der Waals surface area contributed by atoms with Crippen molar-refractivity contribution >= 4 is 51.4 Å². The largest absolute Gasteiger partial charge is 0.494 e. The van der Waals surface area contributed by atoms with Crippen LogP contribution in [-0.2, 0) is 16.2 Å². The molecule has 1 aliphatic rings. The molecule has 1 N–H and O–H groups in total. The predicted molar refractivity (Wildman–Crippen MR) is 154 cm³/mol. The topological polar surface area (TPSA) is 84.9 Å². The summed E-state index contributed by atoms with van der Waals surface area (Å²) in [7, 11) is 0. The lowest BCUT2D eigenvalue weighted by atomic mass is 10.1. The third kappa shape index (κ3) is 6.13. The highest BCUT2D eigenvalue weighted by molar-refractivity contribution is 8.18. The Bertz CT molecular complexity index is 1560. The van der Waals surface area contributed by atoms with Crippen molar-refractivity contribution in [2.75, 3.05) is 18.5 Å². The molecular formula is C31H26N2O5S. The van der Waals surface area contributed by atoms with Gasteiger partial charge in [0, 0.05) is 11.3 Å². The standard InChI is InChI=1S/C31H26N2O5S/c1-2-37-25-16-14-24(15-17-25)32-29(34)19-33-30(35)28(39-31(33)36)18-22-9-4-6-13-27(22)38-20-23-11-7-10-21-8-3-5-12-26(21)23/h3-18H,2,19-20H2,1H3,(H,32,34)/b28-18+. The van der Waals surface area contributed by atoms with Gasteiger partial charge in [-0.1, -0.05) is 60.7 Å². The molecule has 0 atom stereocenters. The maximum atomic E-state index is 13.0. The van der Waals surface area contributed by atoms with Crippen molar-refractivity contribution in [1.82, 2.24) is 4.90 Å². The highest BCUT2D eigenvalue weighted by atomic mass is 32.2. The number of fused-ring (bicyclic) bond motifs is 1. The number of amides is 3. The monoisotopic (exact) mass is 538 g/mol. The molecule has 0 spiro atoms. The fourth-order valence-electron chi connectivity index (χ4n) is 4.23. The summed E-state index contributed by atoms with van der Waals surface area (Å²) in [4.78, 5) is 39.4. The fourth-order valence-corrected chi connectivity index (χ4v) is 5.06. The molecule has 8 heteroatoms. The van der Waals surface area contributed by atoms with Crippen LogP contribution in [0.5, 0.6) is 11.5 Å². The second-order valence-electron chi connectivity index (χ2n) is 8.74. The SMILES string of the molecule is CCOc1ccc(NC(=O)CN2C(=O)S/C(=C/c3ccccc3OCc3cccc4ccccc34)C2=O)cc1. The fraction of sp³-hybridized carbons (Fsp3) is 0.129. The minimum Gasteiger partial charge on any atom is -0.494 e. The van der Waals surface area contributed by atoms with E-state index in [2.05, 4.69) is 23.5 Å². The number of anilines is 1. The number of thioether (sulfide) groups is 1. The zero-order valence-corrected chi connectivity index (χ0v) is 22.1. The van der Waals surface area contributed by atoms with Crippen LogP contribution in [0.25, 0.3) is 16.8 Å². The Balaban J connectivity index is 1.26. The third-order valence-electron chi connectivity index (χ3n) is 6.09. The van der Waals surface area contributed by atoms with E-state index in [1.165, 1.54) is 0 Å². The first kappa shape index (κ1) is 26.1. The van der Waals surface area contributed by atoms with Gasteiger partial charge in [-0.05, 0) is 71.4 Å². The Kier molecular flexibility index (Phi) is 7.94. The molecule has 7 nitrogen and oxygen atoms in total. The number of rotatable bonds is 9. The van der Waals surface area contributed by atoms with Gasteiger partial charge < -0.3 is 14.8 Å². The quantitative estimate of drug-likeness (QED) is 0.245. The van der Waals surface area contributed by atoms with Crippen LogP contribution in [0.2, 0.25) is 0 Å². The molecule has 0 saturated carbocycles. The van der Waals surface area contributed by atoms with Crippen LogP contribution in [0.15, 0.2) is 95.9 Å². The Morgan fingerprint density at radius 2 is 1.64 bits per heavy atom. The lowest BCUT2D eigenvalue weighted by molar-refractivity contribution is -0.127. The zero-order chi connectivity index (χ0) is 27.2. The number of nitrogens with one attached hydrogen (secondary N) is 1. The van der Waals surface area contributed by atoms with Crippen LogP contribution >= 0.6 is 11.8 Å². The van der Waals surface area contributed by atoms with E-state index in [0.29, 0.717) is 36.0 Å². The summed E-state index contributed by atoms with van der Waals surface area (Å²) in [5.41, 5.74) is 2.26. The summed E-state index contributed by atoms with van der Waals surface area (Å²) >= 11 is 0.804. The van der Waals surface area contributed by atoms with E-state index in [1.807, 2.05) is 55.5 Å². The normalized spacial score (nSPS) is 14.2. The number of hydrogen-bond donors (Lipinski definition) is 1. The summed E-state index contributed by atoms with van der Waals surface area (Å²) in [6.45, 7) is 2.39. The Morgan fingerprint density at radius 3 is 2.46 bits per heavy atom. The molecule has 4 aromatic rings. The van der Waals surface area contributed by atoms with Gasteiger partial charge in [-0.25, -0.2) is 0 Å². The molecule has 1 saturated heterocycles. The number of carbonyl (C=O) groups excluding carboxylic acids is 3. The van der Waals surface area contributed by atoms with Crippen LogP contribution in [0, 0.1) is 0 Å². The second-order valence-corrected chi connectivity index (χ2v) is 9.73. The van der Waals surface area contributed by atoms with Crippen molar-refractivity contribution in [2.24, 2.45) is 0 Å². The second kappa shape index (κ2) is 11.9. The first-order chi connectivity index (χ1) is 19.0. The Labute approximate surface area is 230 Å². The molecule has 0 unspecified atom stereocenters. The van der Waals surface area contributed by atoms with Gasteiger partial charge in [0.2, 0.25) is 5.91 Å². The number of carbonyl (C=O) groups is 3. The van der Waals surface area contributed by atoms with Gasteiger partial charge >= 0.3 is 0 Å². The molecule has 5 rings (SSSR count). The first-order valence-electron chi connectivity index (χ1n) is 12.5. The van der Waals surface area contributed by atoms with E-state index in [-0.39, 0.29) is 11.4 Å². The van der Waals surface area contributed by atoms with E-state index in [4.69, 9.17) is 9.47 Å². The minimum atomic E-state index is -0.518. The van der Waals surface area contributed by atoms with Gasteiger partial charge in [-0.3, -0.25) is 19.3 Å². The maximum Gasteiger partial charge on any atom is 0.294 e. The Hall–Kier alpha value is -4.56. The van der Waals surface area contributed by atoms with Crippen molar-refractivity contribution in [3.05, 3.63) is 107 Å². The molecule has 39 heavy (non-hydrogen) atoms. The van der Waals surface area contributed by atoms with Crippen LogP contribution in [-0.4, -0.2) is 35.1 Å². The highest BCUT2D eigenvalue weighted by Crippen LogP contribution is 2.34. The molecule has 1 fully saturated rings. The van der Waals surface area contributed by atoms with Crippen molar-refractivity contribution in [2.45, 2.75) is 13.5 Å². The summed E-state index contributed by atoms with van der Waals surface area (Å²) in [5.74, 6) is 0.288. The molecule has 3 amide bonds. The first-order valence-corrected chi connectivity index (χ1v) is 13.3. The van der Waals surface area contributed by atoms with Crippen molar-refractivity contribution in [3.8, 4) is 11.5 Å². The van der Waals surface area contributed by atoms with Gasteiger partial charge in [-0.2, -0.15) is 0 Å². The summed E-state index contributed by atoms with van der Waals surface area (Å²) in [6.07, 6.45) is 1.63. The summed E-state index contributed by atoms with van der Waals surface area (Å²) in [6, 6.07) is 28.4. The molecule has 0 aromatic heterocycles. The van der Waals surface area contributed by atoms with Crippen LogP contribution in [0.3, 0.4) is 0 Å². The van der Waals surface area contributed by atoms with Gasteiger partial charge in [0.15, 0.2) is 0 Å². The van der Waals surface area contributed by atoms with Gasteiger partial charge in [0.1, 0.15) is 24.7 Å². The number of imide groups is 1. The molecule has 0 aliphatic carbocycles. The number of ether oxygens (including phenoxy) is 2. The van der Waals surface area contributed by atoms with E-state index in [0.717, 1.165) is 33.0 Å². The van der Waals surface area contributed by atoms with E-state index in [9.17, 15) is 14.4 Å². The van der Waals surface area contributed by atoms with Crippen molar-refractivity contribution in [3.63, 3.8) is 0 Å². The highest BCUT2D eigenvalue weighted by Gasteiger charge is 2.36. The average molecular weight is 539 g/mol. The smallest absolute Gasteiger partial charge is 0.294 e. The zero-order valence-electron chi connectivity index (χ0n) is 21.3. The Morgan fingerprint density at radius 1 is 0.897 bits per heavy atom. The van der Waals surface area contributed by atoms with Gasteiger partial charge in [0.05, 0.1) is 11.5 Å². The number of benzene rings is 4. The van der Waals surface area contributed by atoms with Crippen molar-refractivity contribution in [1.29, 1.82) is 0 Å². The van der Waals surface area contributed by atoms with E-state index in [1.54, 1.807) is 30.3 Å². The maximum absolute atomic E-state index is 13.0. The molecular weight excluding hydrogens is 512 g/mol. The molecule has 0 bridgehead atoms. The van der Waals surface area contributed by atoms with Gasteiger partial charge in [-0.15, -0.1) is 0 Å². The molecule has 1 heterocycles. The number of hydrogen-bond acceptors (Lipinski definition) is 6. The van der Waals surface area contributed by atoms with Crippen LogP contribution < -0.4 is 14.8 Å². The molecule has 1 aliphatic heterocycles. The number of para-hydroxylation sites is 1. The molecule has 4 aromatic carbocycles. The molecule has 196 valence electrons. The average Bonchev–Trinajstić information content (AvgIpc) is 3.21. The molecule has 0 radical (unpaired) electrons. The predicted octanol–water partition coefficient (Wildman–Crippen LogP) is 6.49. The van der Waals surface area contributed by atoms with Crippen LogP contribution in [0.1, 0.15) is 18.1 Å². The van der Waals surface area contributed by atoms with E-state index < -0.39 is 17.1 Å². The van der Waals surface area contributed by atoms with Crippen LogP contribution in [0.4, 0.5) is 10.5 Å². The van der Waals surface area contributed by atoms with E-state index >= 15 is 0 Å². The van der Waals surface area contributed by atoms with Gasteiger partial charge in [0.25, 0.3) is 11.1 Å².